The minimum Gasteiger partial charge on any atom is -0.493 e. The van der Waals surface area contributed by atoms with Crippen molar-refractivity contribution >= 4 is 22.4 Å². The van der Waals surface area contributed by atoms with Crippen molar-refractivity contribution in [2.24, 2.45) is 0 Å². The first kappa shape index (κ1) is 25.4. The highest BCUT2D eigenvalue weighted by Crippen LogP contribution is 2.36. The Kier molecular flexibility index (Phi) is 7.72. The number of nitrogens with one attached hydrogen (secondary N) is 1. The molecular formula is C22H19Cl2N3O7. The summed E-state index contributed by atoms with van der Waals surface area (Å²) in [4.78, 5) is 11.5. The summed E-state index contributed by atoms with van der Waals surface area (Å²) in [6.07, 6.45) is 0. The summed E-state index contributed by atoms with van der Waals surface area (Å²) in [5.41, 5.74) is 2.46. The van der Waals surface area contributed by atoms with Gasteiger partial charge in [-0.2, -0.15) is 4.57 Å². The molecule has 0 saturated heterocycles. The van der Waals surface area contributed by atoms with Crippen molar-refractivity contribution in [3.63, 3.8) is 0 Å². The number of fused-ring (bicyclic) bond motifs is 1. The highest BCUT2D eigenvalue weighted by atomic mass is 35.7. The van der Waals surface area contributed by atoms with Gasteiger partial charge < -0.3 is 9.47 Å². The lowest BCUT2D eigenvalue weighted by Gasteiger charge is -2.17. The fraction of sp³-hybridized carbons (Fsp3) is 0.136. The summed E-state index contributed by atoms with van der Waals surface area (Å²) in [6, 6.07) is 16.7. The van der Waals surface area contributed by atoms with E-state index in [-0.39, 0.29) is 5.56 Å². The third kappa shape index (κ3) is 6.00. The molecule has 0 fully saturated rings. The van der Waals surface area contributed by atoms with E-state index in [0.29, 0.717) is 22.3 Å². The number of aryl methyl sites for hydroxylation is 1. The van der Waals surface area contributed by atoms with Crippen molar-refractivity contribution in [3.8, 4) is 28.6 Å². The number of rotatable bonds is 4. The Hall–Kier alpha value is -3.25. The molecule has 12 heteroatoms. The van der Waals surface area contributed by atoms with Crippen LogP contribution in [-0.4, -0.2) is 24.4 Å². The zero-order valence-electron chi connectivity index (χ0n) is 18.2. The van der Waals surface area contributed by atoms with Crippen LogP contribution in [0.3, 0.4) is 0 Å². The van der Waals surface area contributed by atoms with Crippen LogP contribution < -0.4 is 38.2 Å². The van der Waals surface area contributed by atoms with E-state index in [2.05, 4.69) is 10.2 Å². The van der Waals surface area contributed by atoms with Gasteiger partial charge in [0.25, 0.3) is 5.56 Å². The molecule has 0 amide bonds. The number of aromatic amines is 1. The van der Waals surface area contributed by atoms with E-state index in [4.69, 9.17) is 39.7 Å². The first-order valence-electron chi connectivity index (χ1n) is 9.57. The average molecular weight is 508 g/mol. The van der Waals surface area contributed by atoms with Gasteiger partial charge in [-0.3, -0.25) is 4.79 Å². The molecule has 2 aromatic heterocycles. The minimum atomic E-state index is -4.94. The van der Waals surface area contributed by atoms with Gasteiger partial charge in [0.2, 0.25) is 0 Å². The molecule has 0 aliphatic carbocycles. The Morgan fingerprint density at radius 3 is 2.18 bits per heavy atom. The number of ether oxygens (including phenoxy) is 2. The van der Waals surface area contributed by atoms with Crippen LogP contribution in [0.4, 0.5) is 0 Å². The smallest absolute Gasteiger partial charge is 0.353 e. The van der Waals surface area contributed by atoms with Crippen molar-refractivity contribution in [1.82, 2.24) is 10.2 Å². The van der Waals surface area contributed by atoms with E-state index in [1.165, 1.54) is 6.07 Å². The van der Waals surface area contributed by atoms with E-state index in [1.807, 2.05) is 54.0 Å². The lowest BCUT2D eigenvalue weighted by atomic mass is 10.0. The summed E-state index contributed by atoms with van der Waals surface area (Å²) >= 11 is 6.29. The monoisotopic (exact) mass is 507 g/mol. The SMILES string of the molecule is COc1cc2cc(C)[n+](-c3ccc(=O)[nH]n3)c(-c3cccc(Cl)c3)c2cc1OC.[O-][Cl+3]([O-])([O-])[O-]. The summed E-state index contributed by atoms with van der Waals surface area (Å²) in [5, 5.41) is 9.28. The zero-order valence-corrected chi connectivity index (χ0v) is 19.7. The molecule has 2 aromatic carbocycles. The lowest BCUT2D eigenvalue weighted by molar-refractivity contribution is -2.00. The Morgan fingerprint density at radius 2 is 1.62 bits per heavy atom. The topological polar surface area (TPSA) is 160 Å². The van der Waals surface area contributed by atoms with Crippen LogP contribution in [-0.2, 0) is 0 Å². The maximum absolute atomic E-state index is 11.5. The molecule has 0 radical (unpaired) electrons. The van der Waals surface area contributed by atoms with Gasteiger partial charge in [0.15, 0.2) is 11.5 Å². The minimum absolute atomic E-state index is 0.261. The molecule has 0 unspecified atom stereocenters. The first-order valence-corrected chi connectivity index (χ1v) is 11.2. The van der Waals surface area contributed by atoms with Gasteiger partial charge in [-0.1, -0.05) is 23.7 Å². The predicted octanol–water partition coefficient (Wildman–Crippen LogP) is -0.910. The number of methoxy groups -OCH3 is 2. The number of hydrogen-bond acceptors (Lipinski definition) is 8. The third-order valence-electron chi connectivity index (χ3n) is 4.74. The van der Waals surface area contributed by atoms with Crippen LogP contribution in [0.25, 0.3) is 27.8 Å². The molecule has 4 rings (SSSR count). The normalized spacial score (nSPS) is 11.1. The third-order valence-corrected chi connectivity index (χ3v) is 4.98. The molecule has 0 aliphatic rings. The number of nitrogens with zero attached hydrogens (tertiary/aromatic N) is 2. The molecule has 0 saturated carbocycles. The van der Waals surface area contributed by atoms with E-state index >= 15 is 0 Å². The van der Waals surface area contributed by atoms with Gasteiger partial charge >= 0.3 is 5.82 Å². The van der Waals surface area contributed by atoms with Gasteiger partial charge in [0.05, 0.1) is 19.3 Å². The van der Waals surface area contributed by atoms with Crippen LogP contribution in [0, 0.1) is 17.2 Å². The van der Waals surface area contributed by atoms with Crippen molar-refractivity contribution in [3.05, 3.63) is 75.7 Å². The van der Waals surface area contributed by atoms with Crippen molar-refractivity contribution in [2.45, 2.75) is 6.92 Å². The number of H-pyrrole nitrogens is 1. The maximum Gasteiger partial charge on any atom is 0.353 e. The quantitative estimate of drug-likeness (QED) is 0.347. The Morgan fingerprint density at radius 1 is 0.971 bits per heavy atom. The number of aromatic nitrogens is 3. The molecule has 0 atom stereocenters. The molecule has 0 bridgehead atoms. The summed E-state index contributed by atoms with van der Waals surface area (Å²) in [6.45, 7) is 1.98. The predicted molar refractivity (Wildman–Crippen MR) is 112 cm³/mol. The zero-order chi connectivity index (χ0) is 25.0. The average Bonchev–Trinajstić information content (AvgIpc) is 2.77. The molecule has 2 heterocycles. The summed E-state index contributed by atoms with van der Waals surface area (Å²) in [5.74, 6) is 1.86. The van der Waals surface area contributed by atoms with Crippen LogP contribution in [0.1, 0.15) is 5.69 Å². The van der Waals surface area contributed by atoms with Crippen molar-refractivity contribution < 1.29 is 42.9 Å². The molecule has 1 N–H and O–H groups in total. The second-order valence-electron chi connectivity index (χ2n) is 6.93. The second-order valence-corrected chi connectivity index (χ2v) is 8.12. The molecule has 34 heavy (non-hydrogen) atoms. The molecule has 4 aromatic rings. The van der Waals surface area contributed by atoms with Gasteiger partial charge in [0, 0.05) is 28.1 Å². The summed E-state index contributed by atoms with van der Waals surface area (Å²) in [7, 11) is -1.73. The second kappa shape index (κ2) is 10.3. The van der Waals surface area contributed by atoms with Crippen molar-refractivity contribution in [1.29, 1.82) is 0 Å². The molecule has 0 aliphatic heterocycles. The van der Waals surface area contributed by atoms with Crippen molar-refractivity contribution in [2.75, 3.05) is 14.2 Å². The number of pyridine rings is 1. The van der Waals surface area contributed by atoms with Crippen LogP contribution in [0.15, 0.2) is 59.4 Å². The fourth-order valence-electron chi connectivity index (χ4n) is 3.48. The van der Waals surface area contributed by atoms with Gasteiger partial charge in [-0.25, -0.2) is 18.6 Å². The first-order chi connectivity index (χ1) is 16.0. The molecule has 10 nitrogen and oxygen atoms in total. The standard InChI is InChI=1S/C22H18ClN3O3.ClHO4/c1-13-9-15-11-18(28-2)19(29-3)12-17(15)22(14-5-4-6-16(23)10-14)26(13)20-7-8-21(27)25-24-20;2-1(3,4)5/h4-12H,1-3H3;(H,2,3,4,5). The Bertz CT molecular complexity index is 1360. The maximum atomic E-state index is 11.5. The highest BCUT2D eigenvalue weighted by molar-refractivity contribution is 6.30. The molecular weight excluding hydrogens is 489 g/mol. The van der Waals surface area contributed by atoms with Crippen LogP contribution >= 0.6 is 11.6 Å². The Balaban J connectivity index is 0.000000588. The fourth-order valence-corrected chi connectivity index (χ4v) is 3.67. The van der Waals surface area contributed by atoms with E-state index in [9.17, 15) is 4.79 Å². The molecule has 0 spiro atoms. The molecule has 178 valence electrons. The highest BCUT2D eigenvalue weighted by Gasteiger charge is 2.23. The van der Waals surface area contributed by atoms with E-state index in [0.717, 1.165) is 27.7 Å². The number of halogens is 2. The summed E-state index contributed by atoms with van der Waals surface area (Å²) < 4.78 is 47.0. The van der Waals surface area contributed by atoms with E-state index in [1.54, 1.807) is 20.3 Å². The van der Waals surface area contributed by atoms with Crippen LogP contribution in [0.5, 0.6) is 11.5 Å². The largest absolute Gasteiger partial charge is 0.493 e. The lowest BCUT2D eigenvalue weighted by Crippen LogP contribution is -2.68. The van der Waals surface area contributed by atoms with Gasteiger partial charge in [-0.05, 0) is 42.6 Å². The Labute approximate surface area is 200 Å². The van der Waals surface area contributed by atoms with Crippen LogP contribution in [0.2, 0.25) is 5.02 Å². The van der Waals surface area contributed by atoms with E-state index < -0.39 is 10.2 Å². The number of hydrogen-bond donors (Lipinski definition) is 1. The number of benzene rings is 2. The van der Waals surface area contributed by atoms with Gasteiger partial charge in [0.1, 0.15) is 11.4 Å². The van der Waals surface area contributed by atoms with Gasteiger partial charge in [-0.15, -0.1) is 15.3 Å².